The first-order chi connectivity index (χ1) is 10.1. The van der Waals surface area contributed by atoms with Crippen LogP contribution in [0.2, 0.25) is 0 Å². The molecule has 0 aromatic carbocycles. The minimum atomic E-state index is -0.750. The molecule has 0 saturated carbocycles. The number of rotatable bonds is 10. The molecule has 1 aromatic rings. The summed E-state index contributed by atoms with van der Waals surface area (Å²) in [5.41, 5.74) is 0. The standard InChI is InChI=1S/C16H26F2N2O/c1-4-7-8-12(6-3)11-21-16-14(18)10-13(17)15(20-16)19-9-5-2/h10,12H,4-9,11H2,1-3H3,(H,19,20). The molecule has 0 saturated heterocycles. The van der Waals surface area contributed by atoms with E-state index < -0.39 is 11.6 Å². The Kier molecular flexibility index (Phi) is 8.01. The van der Waals surface area contributed by atoms with Crippen molar-refractivity contribution in [3.05, 3.63) is 17.7 Å². The summed E-state index contributed by atoms with van der Waals surface area (Å²) in [7, 11) is 0. The summed E-state index contributed by atoms with van der Waals surface area (Å²) in [5, 5.41) is 2.83. The second-order valence-corrected chi connectivity index (χ2v) is 5.26. The smallest absolute Gasteiger partial charge is 0.252 e. The second kappa shape index (κ2) is 9.53. The third kappa shape index (κ3) is 5.86. The van der Waals surface area contributed by atoms with Crippen molar-refractivity contribution < 1.29 is 13.5 Å². The van der Waals surface area contributed by atoms with Crippen molar-refractivity contribution in [3.63, 3.8) is 0 Å². The van der Waals surface area contributed by atoms with Crippen LogP contribution in [0.3, 0.4) is 0 Å². The maximum atomic E-state index is 13.7. The molecule has 0 aliphatic heterocycles. The number of halogens is 2. The predicted molar refractivity (Wildman–Crippen MR) is 81.7 cm³/mol. The molecule has 0 spiro atoms. The van der Waals surface area contributed by atoms with Crippen molar-refractivity contribution in [2.45, 2.75) is 52.9 Å². The quantitative estimate of drug-likeness (QED) is 0.675. The van der Waals surface area contributed by atoms with Gasteiger partial charge in [0.15, 0.2) is 17.5 Å². The van der Waals surface area contributed by atoms with Crippen molar-refractivity contribution in [2.75, 3.05) is 18.5 Å². The van der Waals surface area contributed by atoms with Gasteiger partial charge < -0.3 is 10.1 Å². The third-order valence-corrected chi connectivity index (χ3v) is 3.44. The third-order valence-electron chi connectivity index (χ3n) is 3.44. The van der Waals surface area contributed by atoms with Crippen LogP contribution < -0.4 is 10.1 Å². The Morgan fingerprint density at radius 3 is 2.57 bits per heavy atom. The highest BCUT2D eigenvalue weighted by Crippen LogP contribution is 2.22. The Labute approximate surface area is 126 Å². The van der Waals surface area contributed by atoms with Crippen LogP contribution in [0.4, 0.5) is 14.6 Å². The number of pyridine rings is 1. The number of nitrogens with one attached hydrogen (secondary N) is 1. The van der Waals surface area contributed by atoms with E-state index in [0.717, 1.165) is 38.2 Å². The molecular formula is C16H26F2N2O. The minimum absolute atomic E-state index is 0.0508. The maximum absolute atomic E-state index is 13.7. The van der Waals surface area contributed by atoms with Crippen molar-refractivity contribution in [3.8, 4) is 5.88 Å². The predicted octanol–water partition coefficient (Wildman–Crippen LogP) is 4.78. The molecule has 0 aliphatic rings. The van der Waals surface area contributed by atoms with Gasteiger partial charge in [0.1, 0.15) is 0 Å². The fraction of sp³-hybridized carbons (Fsp3) is 0.688. The van der Waals surface area contributed by atoms with Crippen LogP contribution in [-0.4, -0.2) is 18.1 Å². The van der Waals surface area contributed by atoms with Gasteiger partial charge in [0.25, 0.3) is 5.88 Å². The monoisotopic (exact) mass is 300 g/mol. The first kappa shape index (κ1) is 17.7. The number of hydrogen-bond acceptors (Lipinski definition) is 3. The molecule has 120 valence electrons. The van der Waals surface area contributed by atoms with E-state index in [2.05, 4.69) is 24.1 Å². The molecule has 1 rings (SSSR count). The van der Waals surface area contributed by atoms with E-state index in [9.17, 15) is 8.78 Å². The normalized spacial score (nSPS) is 12.2. The van der Waals surface area contributed by atoms with E-state index in [1.54, 1.807) is 0 Å². The first-order valence-electron chi connectivity index (χ1n) is 7.84. The molecule has 0 bridgehead atoms. The highest BCUT2D eigenvalue weighted by Gasteiger charge is 2.14. The zero-order valence-corrected chi connectivity index (χ0v) is 13.2. The Balaban J connectivity index is 2.68. The Morgan fingerprint density at radius 2 is 1.95 bits per heavy atom. The molecule has 1 aromatic heterocycles. The summed E-state index contributed by atoms with van der Waals surface area (Å²) >= 11 is 0. The molecule has 1 N–H and O–H groups in total. The largest absolute Gasteiger partial charge is 0.475 e. The zero-order valence-electron chi connectivity index (χ0n) is 13.2. The number of ether oxygens (including phenoxy) is 1. The van der Waals surface area contributed by atoms with Crippen LogP contribution in [0.5, 0.6) is 5.88 Å². The Hall–Kier alpha value is -1.39. The van der Waals surface area contributed by atoms with Gasteiger partial charge in [-0.15, -0.1) is 0 Å². The lowest BCUT2D eigenvalue weighted by atomic mass is 10.0. The van der Waals surface area contributed by atoms with Gasteiger partial charge in [-0.3, -0.25) is 0 Å². The van der Waals surface area contributed by atoms with Gasteiger partial charge in [-0.1, -0.05) is 40.0 Å². The minimum Gasteiger partial charge on any atom is -0.475 e. The van der Waals surface area contributed by atoms with Gasteiger partial charge in [0.2, 0.25) is 0 Å². The van der Waals surface area contributed by atoms with Crippen LogP contribution in [-0.2, 0) is 0 Å². The number of hydrogen-bond donors (Lipinski definition) is 1. The molecule has 1 atom stereocenters. The average Bonchev–Trinajstić information content (AvgIpc) is 2.48. The highest BCUT2D eigenvalue weighted by molar-refractivity contribution is 5.39. The summed E-state index contributed by atoms with van der Waals surface area (Å²) in [6.45, 7) is 7.20. The van der Waals surface area contributed by atoms with Gasteiger partial charge in [-0.25, -0.2) is 8.78 Å². The SMILES string of the molecule is CCCCC(CC)COc1nc(NCCC)c(F)cc1F. The summed E-state index contributed by atoms with van der Waals surface area (Å²) < 4.78 is 32.7. The lowest BCUT2D eigenvalue weighted by molar-refractivity contribution is 0.216. The molecule has 0 amide bonds. The average molecular weight is 300 g/mol. The molecule has 0 radical (unpaired) electrons. The molecule has 3 nitrogen and oxygen atoms in total. The van der Waals surface area contributed by atoms with E-state index in [4.69, 9.17) is 4.74 Å². The number of anilines is 1. The van der Waals surface area contributed by atoms with E-state index in [1.165, 1.54) is 0 Å². The number of unbranched alkanes of at least 4 members (excludes halogenated alkanes) is 1. The molecule has 5 heteroatoms. The highest BCUT2D eigenvalue weighted by atomic mass is 19.1. The number of aromatic nitrogens is 1. The van der Waals surface area contributed by atoms with Gasteiger partial charge >= 0.3 is 0 Å². The molecule has 1 heterocycles. The summed E-state index contributed by atoms with van der Waals surface area (Å²) in [5.74, 6) is -1.13. The van der Waals surface area contributed by atoms with E-state index in [1.807, 2.05) is 6.92 Å². The van der Waals surface area contributed by atoms with Crippen LogP contribution in [0.15, 0.2) is 6.07 Å². The number of nitrogens with zero attached hydrogens (tertiary/aromatic N) is 1. The van der Waals surface area contributed by atoms with Crippen molar-refractivity contribution in [1.82, 2.24) is 4.98 Å². The zero-order chi connectivity index (χ0) is 15.7. The molecular weight excluding hydrogens is 274 g/mol. The van der Waals surface area contributed by atoms with Crippen molar-refractivity contribution in [1.29, 1.82) is 0 Å². The van der Waals surface area contributed by atoms with Gasteiger partial charge in [0.05, 0.1) is 6.61 Å². The van der Waals surface area contributed by atoms with Gasteiger partial charge in [0, 0.05) is 12.6 Å². The second-order valence-electron chi connectivity index (χ2n) is 5.26. The molecule has 0 fully saturated rings. The summed E-state index contributed by atoms with van der Waals surface area (Å²) in [6.07, 6.45) is 5.12. The van der Waals surface area contributed by atoms with Crippen LogP contribution in [0.1, 0.15) is 52.9 Å². The van der Waals surface area contributed by atoms with E-state index >= 15 is 0 Å². The lowest BCUT2D eigenvalue weighted by Crippen LogP contribution is -2.14. The summed E-state index contributed by atoms with van der Waals surface area (Å²) in [6, 6.07) is 0.827. The van der Waals surface area contributed by atoms with Gasteiger partial charge in [-0.2, -0.15) is 4.98 Å². The Bertz CT molecular complexity index is 427. The molecule has 1 unspecified atom stereocenters. The lowest BCUT2D eigenvalue weighted by Gasteiger charge is -2.16. The van der Waals surface area contributed by atoms with Crippen molar-refractivity contribution in [2.24, 2.45) is 5.92 Å². The first-order valence-corrected chi connectivity index (χ1v) is 7.84. The summed E-state index contributed by atoms with van der Waals surface area (Å²) in [4.78, 5) is 3.91. The Morgan fingerprint density at radius 1 is 1.19 bits per heavy atom. The van der Waals surface area contributed by atoms with Crippen LogP contribution >= 0.6 is 0 Å². The van der Waals surface area contributed by atoms with Crippen LogP contribution in [0.25, 0.3) is 0 Å². The van der Waals surface area contributed by atoms with E-state index in [-0.39, 0.29) is 11.7 Å². The molecule has 21 heavy (non-hydrogen) atoms. The maximum Gasteiger partial charge on any atom is 0.252 e. The topological polar surface area (TPSA) is 34.1 Å². The van der Waals surface area contributed by atoms with Crippen LogP contribution in [0, 0.1) is 17.6 Å². The fourth-order valence-electron chi connectivity index (χ4n) is 2.01. The van der Waals surface area contributed by atoms with E-state index in [0.29, 0.717) is 19.1 Å². The molecule has 0 aliphatic carbocycles. The van der Waals surface area contributed by atoms with Crippen molar-refractivity contribution >= 4 is 5.82 Å². The van der Waals surface area contributed by atoms with Gasteiger partial charge in [-0.05, 0) is 18.8 Å². The fourth-order valence-corrected chi connectivity index (χ4v) is 2.01.